The average molecular weight is 307 g/mol. The molecule has 0 bridgehead atoms. The summed E-state index contributed by atoms with van der Waals surface area (Å²) in [5.41, 5.74) is 5.32. The third-order valence-electron chi connectivity index (χ3n) is 2.52. The van der Waals surface area contributed by atoms with Gasteiger partial charge < -0.3 is 5.73 Å². The SMILES string of the molecule is CN(CCCN)S(=O)(=O)c1cccc(S(N)(=O)=O)c1. The third-order valence-corrected chi connectivity index (χ3v) is 5.28. The van der Waals surface area contributed by atoms with Gasteiger partial charge in [0.1, 0.15) is 0 Å². The fourth-order valence-electron chi connectivity index (χ4n) is 1.43. The van der Waals surface area contributed by atoms with Gasteiger partial charge in [-0.05, 0) is 31.2 Å². The molecule has 0 atom stereocenters. The summed E-state index contributed by atoms with van der Waals surface area (Å²) in [6.07, 6.45) is 0.518. The lowest BCUT2D eigenvalue weighted by Crippen LogP contribution is -2.29. The molecule has 108 valence electrons. The molecule has 1 aromatic carbocycles. The van der Waals surface area contributed by atoms with Crippen molar-refractivity contribution in [2.45, 2.75) is 16.2 Å². The lowest BCUT2D eigenvalue weighted by molar-refractivity contribution is 0.463. The zero-order valence-electron chi connectivity index (χ0n) is 10.5. The Morgan fingerprint density at radius 1 is 1.16 bits per heavy atom. The molecule has 0 unspecified atom stereocenters. The number of nitrogens with two attached hydrogens (primary N) is 2. The van der Waals surface area contributed by atoms with Gasteiger partial charge in [0, 0.05) is 13.6 Å². The van der Waals surface area contributed by atoms with Crippen LogP contribution in [0.15, 0.2) is 34.1 Å². The molecule has 0 saturated heterocycles. The molecule has 0 fully saturated rings. The van der Waals surface area contributed by atoms with Gasteiger partial charge in [0.25, 0.3) is 0 Å². The molecule has 1 aromatic rings. The highest BCUT2D eigenvalue weighted by Crippen LogP contribution is 2.18. The van der Waals surface area contributed by atoms with E-state index in [9.17, 15) is 16.8 Å². The Labute approximate surface area is 113 Å². The van der Waals surface area contributed by atoms with Gasteiger partial charge in [0.05, 0.1) is 9.79 Å². The highest BCUT2D eigenvalue weighted by Gasteiger charge is 2.21. The molecule has 0 aliphatic rings. The first-order valence-electron chi connectivity index (χ1n) is 5.49. The standard InChI is InChI=1S/C10H17N3O4S2/c1-13(7-3-6-11)19(16,17)10-5-2-4-9(8-10)18(12,14)15/h2,4-5,8H,3,6-7,11H2,1H3,(H2,12,14,15). The van der Waals surface area contributed by atoms with Crippen molar-refractivity contribution in [2.75, 3.05) is 20.1 Å². The van der Waals surface area contributed by atoms with Crippen LogP contribution in [0.3, 0.4) is 0 Å². The summed E-state index contributed by atoms with van der Waals surface area (Å²) in [6.45, 7) is 0.634. The maximum atomic E-state index is 12.2. The summed E-state index contributed by atoms with van der Waals surface area (Å²) in [7, 11) is -6.26. The summed E-state index contributed by atoms with van der Waals surface area (Å²) in [4.78, 5) is -0.348. The van der Waals surface area contributed by atoms with Crippen molar-refractivity contribution in [3.63, 3.8) is 0 Å². The number of sulfonamides is 2. The molecule has 0 spiro atoms. The zero-order valence-corrected chi connectivity index (χ0v) is 12.1. The summed E-state index contributed by atoms with van der Waals surface area (Å²) in [5, 5.41) is 4.97. The van der Waals surface area contributed by atoms with Crippen molar-refractivity contribution < 1.29 is 16.8 Å². The van der Waals surface area contributed by atoms with Crippen molar-refractivity contribution in [3.05, 3.63) is 24.3 Å². The fourth-order valence-corrected chi connectivity index (χ4v) is 3.32. The van der Waals surface area contributed by atoms with Crippen LogP contribution < -0.4 is 10.9 Å². The third kappa shape index (κ3) is 3.98. The van der Waals surface area contributed by atoms with Crippen LogP contribution in [0, 0.1) is 0 Å². The molecule has 7 nitrogen and oxygen atoms in total. The Balaban J connectivity index is 3.16. The van der Waals surface area contributed by atoms with Crippen LogP contribution in [0.2, 0.25) is 0 Å². The second-order valence-electron chi connectivity index (χ2n) is 3.99. The van der Waals surface area contributed by atoms with E-state index in [1.165, 1.54) is 25.2 Å². The van der Waals surface area contributed by atoms with Crippen molar-refractivity contribution >= 4 is 20.0 Å². The maximum Gasteiger partial charge on any atom is 0.242 e. The summed E-state index contributed by atoms with van der Waals surface area (Å²) >= 11 is 0. The Kier molecular flexibility index (Phi) is 5.04. The summed E-state index contributed by atoms with van der Waals surface area (Å²) in [5.74, 6) is 0. The summed E-state index contributed by atoms with van der Waals surface area (Å²) < 4.78 is 47.9. The van der Waals surface area contributed by atoms with E-state index < -0.39 is 20.0 Å². The average Bonchev–Trinajstić information content (AvgIpc) is 2.35. The summed E-state index contributed by atoms with van der Waals surface area (Å²) in [6, 6.07) is 4.95. The largest absolute Gasteiger partial charge is 0.330 e. The van der Waals surface area contributed by atoms with Crippen molar-refractivity contribution in [3.8, 4) is 0 Å². The van der Waals surface area contributed by atoms with Gasteiger partial charge >= 0.3 is 0 Å². The Morgan fingerprint density at radius 2 is 1.74 bits per heavy atom. The lowest BCUT2D eigenvalue weighted by atomic mass is 10.4. The zero-order chi connectivity index (χ0) is 14.7. The van der Waals surface area contributed by atoms with E-state index in [-0.39, 0.29) is 16.3 Å². The second kappa shape index (κ2) is 5.97. The monoisotopic (exact) mass is 307 g/mol. The molecular formula is C10H17N3O4S2. The smallest absolute Gasteiger partial charge is 0.242 e. The molecule has 0 aromatic heterocycles. The number of nitrogens with zero attached hydrogens (tertiary/aromatic N) is 1. The van der Waals surface area contributed by atoms with Crippen LogP contribution in [-0.4, -0.2) is 41.3 Å². The minimum atomic E-state index is -3.93. The van der Waals surface area contributed by atoms with E-state index in [0.717, 1.165) is 10.4 Å². The molecule has 0 amide bonds. The predicted octanol–water partition coefficient (Wildman–Crippen LogP) is -0.697. The maximum absolute atomic E-state index is 12.2. The van der Waals surface area contributed by atoms with Gasteiger partial charge in [-0.15, -0.1) is 0 Å². The molecular weight excluding hydrogens is 290 g/mol. The minimum Gasteiger partial charge on any atom is -0.330 e. The van der Waals surface area contributed by atoms with Gasteiger partial charge in [-0.2, -0.15) is 0 Å². The first-order valence-corrected chi connectivity index (χ1v) is 8.47. The van der Waals surface area contributed by atoms with E-state index in [2.05, 4.69) is 0 Å². The van der Waals surface area contributed by atoms with Gasteiger partial charge in [-0.1, -0.05) is 6.07 Å². The van der Waals surface area contributed by atoms with E-state index >= 15 is 0 Å². The molecule has 0 saturated carbocycles. The van der Waals surface area contributed by atoms with Crippen LogP contribution in [0.1, 0.15) is 6.42 Å². The van der Waals surface area contributed by atoms with Crippen LogP contribution in [0.4, 0.5) is 0 Å². The molecule has 0 aliphatic heterocycles. The second-order valence-corrected chi connectivity index (χ2v) is 7.59. The Morgan fingerprint density at radius 3 is 2.26 bits per heavy atom. The van der Waals surface area contributed by atoms with Crippen molar-refractivity contribution in [2.24, 2.45) is 10.9 Å². The lowest BCUT2D eigenvalue weighted by Gasteiger charge is -2.17. The topological polar surface area (TPSA) is 124 Å². The van der Waals surface area contributed by atoms with Crippen molar-refractivity contribution in [1.29, 1.82) is 0 Å². The number of hydrogen-bond acceptors (Lipinski definition) is 5. The number of primary sulfonamides is 1. The van der Waals surface area contributed by atoms with E-state index in [0.29, 0.717) is 13.0 Å². The van der Waals surface area contributed by atoms with E-state index in [1.807, 2.05) is 0 Å². The number of hydrogen-bond donors (Lipinski definition) is 2. The minimum absolute atomic E-state index is 0.112. The van der Waals surface area contributed by atoms with E-state index in [1.54, 1.807) is 0 Å². The normalized spacial score (nSPS) is 12.8. The Hall–Kier alpha value is -1.00. The molecule has 1 rings (SSSR count). The number of benzene rings is 1. The molecule has 0 heterocycles. The quantitative estimate of drug-likeness (QED) is 0.719. The molecule has 4 N–H and O–H groups in total. The van der Waals surface area contributed by atoms with Crippen LogP contribution in [-0.2, 0) is 20.0 Å². The highest BCUT2D eigenvalue weighted by atomic mass is 32.2. The van der Waals surface area contributed by atoms with Gasteiger partial charge in [-0.3, -0.25) is 0 Å². The van der Waals surface area contributed by atoms with Gasteiger partial charge in [0.2, 0.25) is 20.0 Å². The van der Waals surface area contributed by atoms with Gasteiger partial charge in [-0.25, -0.2) is 26.3 Å². The molecule has 0 aliphatic carbocycles. The number of rotatable bonds is 6. The van der Waals surface area contributed by atoms with Crippen LogP contribution in [0.25, 0.3) is 0 Å². The van der Waals surface area contributed by atoms with Crippen LogP contribution >= 0.6 is 0 Å². The highest BCUT2D eigenvalue weighted by molar-refractivity contribution is 7.90. The predicted molar refractivity (Wildman–Crippen MR) is 71.3 cm³/mol. The first kappa shape index (κ1) is 16.1. The van der Waals surface area contributed by atoms with E-state index in [4.69, 9.17) is 10.9 Å². The van der Waals surface area contributed by atoms with Gasteiger partial charge in [0.15, 0.2) is 0 Å². The molecule has 9 heteroatoms. The Bertz CT molecular complexity index is 640. The molecule has 19 heavy (non-hydrogen) atoms. The van der Waals surface area contributed by atoms with Crippen molar-refractivity contribution in [1.82, 2.24) is 4.31 Å². The molecule has 0 radical (unpaired) electrons. The fraction of sp³-hybridized carbons (Fsp3) is 0.400. The van der Waals surface area contributed by atoms with Crippen LogP contribution in [0.5, 0.6) is 0 Å². The first-order chi connectivity index (χ1) is 8.69.